The third kappa shape index (κ3) is 5.75. The molecular formula is C23H31N3O4S. The summed E-state index contributed by atoms with van der Waals surface area (Å²) in [6.45, 7) is 1.11. The smallest absolute Gasteiger partial charge is 0.209 e. The van der Waals surface area contributed by atoms with Gasteiger partial charge in [0.15, 0.2) is 0 Å². The molecule has 2 fully saturated rings. The Labute approximate surface area is 184 Å². The van der Waals surface area contributed by atoms with Crippen LogP contribution in [0.15, 0.2) is 48.8 Å². The van der Waals surface area contributed by atoms with E-state index in [2.05, 4.69) is 44.9 Å². The van der Waals surface area contributed by atoms with Crippen molar-refractivity contribution in [2.24, 2.45) is 0 Å². The molecule has 2 aliphatic rings. The summed E-state index contributed by atoms with van der Waals surface area (Å²) in [4.78, 5) is 6.17. The molecule has 1 aliphatic carbocycles. The SMILES string of the molecule is CS(=O)(=O)N[C@H]1CCN(c2cncc(O)c2)[C@H]1COC1CCC(c2ccccc2)CC1. The number of sulfonamides is 1. The zero-order valence-corrected chi connectivity index (χ0v) is 18.7. The van der Waals surface area contributed by atoms with Crippen molar-refractivity contribution in [3.63, 3.8) is 0 Å². The highest BCUT2D eigenvalue weighted by molar-refractivity contribution is 7.88. The lowest BCUT2D eigenvalue weighted by atomic mass is 9.83. The lowest BCUT2D eigenvalue weighted by molar-refractivity contribution is 0.0157. The molecule has 0 amide bonds. The number of hydrogen-bond acceptors (Lipinski definition) is 6. The standard InChI is InChI=1S/C23H31N3O4S/c1-31(28,29)25-22-11-12-26(19-13-20(27)15-24-14-19)23(22)16-30-21-9-7-18(8-10-21)17-5-3-2-4-6-17/h2-6,13-15,18,21-23,25,27H,7-12,16H2,1H3/t18?,21?,22-,23-/m0/s1. The van der Waals surface area contributed by atoms with Crippen LogP contribution in [0.3, 0.4) is 0 Å². The highest BCUT2D eigenvalue weighted by atomic mass is 32.2. The molecule has 1 aliphatic heterocycles. The van der Waals surface area contributed by atoms with Crippen molar-refractivity contribution in [2.45, 2.75) is 56.2 Å². The number of ether oxygens (including phenoxy) is 1. The van der Waals surface area contributed by atoms with Crippen molar-refractivity contribution < 1.29 is 18.3 Å². The number of benzene rings is 1. The van der Waals surface area contributed by atoms with Gasteiger partial charge in [-0.15, -0.1) is 0 Å². The minimum atomic E-state index is -3.33. The van der Waals surface area contributed by atoms with Crippen LogP contribution < -0.4 is 9.62 Å². The Kier molecular flexibility index (Phi) is 6.79. The van der Waals surface area contributed by atoms with Gasteiger partial charge in [0.25, 0.3) is 0 Å². The Morgan fingerprint density at radius 2 is 1.87 bits per heavy atom. The largest absolute Gasteiger partial charge is 0.506 e. The van der Waals surface area contributed by atoms with E-state index in [1.165, 1.54) is 18.0 Å². The summed E-state index contributed by atoms with van der Waals surface area (Å²) in [6, 6.07) is 11.9. The maximum absolute atomic E-state index is 11.9. The van der Waals surface area contributed by atoms with Crippen molar-refractivity contribution in [2.75, 3.05) is 24.3 Å². The molecule has 1 aromatic heterocycles. The molecule has 0 bridgehead atoms. The number of pyridine rings is 1. The molecule has 2 atom stereocenters. The molecule has 0 spiro atoms. The molecule has 7 nitrogen and oxygen atoms in total. The first-order chi connectivity index (χ1) is 14.9. The van der Waals surface area contributed by atoms with Gasteiger partial charge in [-0.2, -0.15) is 0 Å². The summed E-state index contributed by atoms with van der Waals surface area (Å²) in [5.74, 6) is 0.679. The average Bonchev–Trinajstić information content (AvgIpc) is 3.14. The van der Waals surface area contributed by atoms with Crippen LogP contribution in [-0.2, 0) is 14.8 Å². The van der Waals surface area contributed by atoms with E-state index >= 15 is 0 Å². The van der Waals surface area contributed by atoms with Crippen LogP contribution in [0, 0.1) is 0 Å². The van der Waals surface area contributed by atoms with Crippen LogP contribution >= 0.6 is 0 Å². The quantitative estimate of drug-likeness (QED) is 0.681. The van der Waals surface area contributed by atoms with Gasteiger partial charge in [0.2, 0.25) is 10.0 Å². The van der Waals surface area contributed by atoms with Gasteiger partial charge in [0, 0.05) is 18.7 Å². The van der Waals surface area contributed by atoms with Crippen LogP contribution in [0.5, 0.6) is 5.75 Å². The Balaban J connectivity index is 1.39. The Bertz CT molecular complexity index is 962. The lowest BCUT2D eigenvalue weighted by Crippen LogP contribution is -2.48. The molecule has 168 valence electrons. The molecule has 1 saturated heterocycles. The van der Waals surface area contributed by atoms with E-state index in [-0.39, 0.29) is 23.9 Å². The van der Waals surface area contributed by atoms with Crippen LogP contribution in [-0.4, -0.2) is 56.1 Å². The van der Waals surface area contributed by atoms with E-state index in [0.717, 1.165) is 31.4 Å². The molecule has 4 rings (SSSR count). The van der Waals surface area contributed by atoms with Crippen molar-refractivity contribution in [1.82, 2.24) is 9.71 Å². The van der Waals surface area contributed by atoms with Crippen molar-refractivity contribution >= 4 is 15.7 Å². The van der Waals surface area contributed by atoms with Gasteiger partial charge in [0.05, 0.1) is 43.1 Å². The number of nitrogens with one attached hydrogen (secondary N) is 1. The van der Waals surface area contributed by atoms with Crippen LogP contribution in [0.1, 0.15) is 43.6 Å². The summed E-state index contributed by atoms with van der Waals surface area (Å²) >= 11 is 0. The molecule has 1 saturated carbocycles. The van der Waals surface area contributed by atoms with Crippen LogP contribution in [0.2, 0.25) is 0 Å². The van der Waals surface area contributed by atoms with E-state index in [9.17, 15) is 13.5 Å². The summed E-state index contributed by atoms with van der Waals surface area (Å²) in [7, 11) is -3.33. The summed E-state index contributed by atoms with van der Waals surface area (Å²) in [5.41, 5.74) is 2.18. The highest BCUT2D eigenvalue weighted by Crippen LogP contribution is 2.35. The third-order valence-electron chi connectivity index (χ3n) is 6.40. The Morgan fingerprint density at radius 3 is 2.55 bits per heavy atom. The minimum absolute atomic E-state index is 0.0934. The van der Waals surface area contributed by atoms with E-state index in [0.29, 0.717) is 25.5 Å². The van der Waals surface area contributed by atoms with Gasteiger partial charge >= 0.3 is 0 Å². The average molecular weight is 446 g/mol. The van der Waals surface area contributed by atoms with Gasteiger partial charge in [-0.25, -0.2) is 13.1 Å². The van der Waals surface area contributed by atoms with E-state index in [1.807, 2.05) is 0 Å². The van der Waals surface area contributed by atoms with Crippen LogP contribution in [0.4, 0.5) is 5.69 Å². The van der Waals surface area contributed by atoms with Crippen molar-refractivity contribution in [3.05, 3.63) is 54.4 Å². The summed E-state index contributed by atoms with van der Waals surface area (Å²) in [5, 5.41) is 9.83. The first-order valence-electron chi connectivity index (χ1n) is 10.9. The number of aromatic hydroxyl groups is 1. The monoisotopic (exact) mass is 445 g/mol. The first kappa shape index (κ1) is 22.0. The number of rotatable bonds is 7. The fourth-order valence-corrected chi connectivity index (χ4v) is 5.71. The molecule has 8 heteroatoms. The summed E-state index contributed by atoms with van der Waals surface area (Å²) < 4.78 is 32.9. The molecule has 0 radical (unpaired) electrons. The van der Waals surface area contributed by atoms with E-state index in [1.54, 1.807) is 12.3 Å². The normalized spacial score (nSPS) is 26.8. The molecule has 0 unspecified atom stereocenters. The lowest BCUT2D eigenvalue weighted by Gasteiger charge is -2.33. The molecule has 1 aromatic carbocycles. The maximum atomic E-state index is 11.9. The number of aromatic nitrogens is 1. The molecule has 2 heterocycles. The second kappa shape index (κ2) is 9.54. The van der Waals surface area contributed by atoms with E-state index < -0.39 is 10.0 Å². The zero-order valence-electron chi connectivity index (χ0n) is 17.9. The maximum Gasteiger partial charge on any atom is 0.209 e. The molecule has 31 heavy (non-hydrogen) atoms. The first-order valence-corrected chi connectivity index (χ1v) is 12.8. The Hall–Kier alpha value is -2.16. The predicted octanol–water partition coefficient (Wildman–Crippen LogP) is 3.03. The minimum Gasteiger partial charge on any atom is -0.506 e. The van der Waals surface area contributed by atoms with Crippen molar-refractivity contribution in [3.8, 4) is 5.75 Å². The van der Waals surface area contributed by atoms with Gasteiger partial charge in [-0.05, 0) is 43.6 Å². The molecule has 2 N–H and O–H groups in total. The number of hydrogen-bond donors (Lipinski definition) is 2. The number of nitrogens with zero attached hydrogens (tertiary/aromatic N) is 2. The fraction of sp³-hybridized carbons (Fsp3) is 0.522. The van der Waals surface area contributed by atoms with E-state index in [4.69, 9.17) is 4.74 Å². The fourth-order valence-electron chi connectivity index (χ4n) is 4.89. The number of anilines is 1. The van der Waals surface area contributed by atoms with Crippen molar-refractivity contribution in [1.29, 1.82) is 0 Å². The highest BCUT2D eigenvalue weighted by Gasteiger charge is 2.37. The van der Waals surface area contributed by atoms with Gasteiger partial charge in [0.1, 0.15) is 5.75 Å². The second-order valence-electron chi connectivity index (χ2n) is 8.66. The van der Waals surface area contributed by atoms with Gasteiger partial charge in [-0.1, -0.05) is 30.3 Å². The zero-order chi connectivity index (χ0) is 21.8. The Morgan fingerprint density at radius 1 is 1.13 bits per heavy atom. The van der Waals surface area contributed by atoms with Gasteiger partial charge < -0.3 is 14.7 Å². The van der Waals surface area contributed by atoms with Gasteiger partial charge in [-0.3, -0.25) is 4.98 Å². The van der Waals surface area contributed by atoms with Crippen LogP contribution in [0.25, 0.3) is 0 Å². The second-order valence-corrected chi connectivity index (χ2v) is 10.4. The molecular weight excluding hydrogens is 414 g/mol. The summed E-state index contributed by atoms with van der Waals surface area (Å²) in [6.07, 6.45) is 9.35. The topological polar surface area (TPSA) is 91.8 Å². The predicted molar refractivity (Wildman–Crippen MR) is 121 cm³/mol. The molecule has 2 aromatic rings. The third-order valence-corrected chi connectivity index (χ3v) is 7.13.